The molecule has 0 nitrogen and oxygen atoms in total. The summed E-state index contributed by atoms with van der Waals surface area (Å²) >= 11 is 0. The highest BCUT2D eigenvalue weighted by atomic mass is 14.3. The van der Waals surface area contributed by atoms with Crippen molar-refractivity contribution in [1.82, 2.24) is 0 Å². The van der Waals surface area contributed by atoms with Crippen molar-refractivity contribution < 1.29 is 0 Å². The smallest absolute Gasteiger partial charge is 0.0172 e. The fourth-order valence-corrected chi connectivity index (χ4v) is 3.43. The molecule has 0 amide bonds. The Hall–Kier alpha value is -0.520. The molecule has 0 heterocycles. The van der Waals surface area contributed by atoms with Crippen LogP contribution in [0.3, 0.4) is 0 Å². The Morgan fingerprint density at radius 3 is 2.88 bits per heavy atom. The molecule has 0 N–H and O–H groups in total. The molecule has 0 bridgehead atoms. The Morgan fingerprint density at radius 1 is 1.12 bits per heavy atom. The second-order valence-corrected chi connectivity index (χ2v) is 5.47. The highest BCUT2D eigenvalue weighted by Crippen LogP contribution is 2.41. The van der Waals surface area contributed by atoms with Crippen molar-refractivity contribution in [2.45, 2.75) is 64.7 Å². The van der Waals surface area contributed by atoms with Gasteiger partial charge in [0.1, 0.15) is 0 Å². The molecule has 0 aliphatic heterocycles. The summed E-state index contributed by atoms with van der Waals surface area (Å²) in [5.41, 5.74) is 1.75. The number of hydrogen-bond acceptors (Lipinski definition) is 0. The van der Waals surface area contributed by atoms with Gasteiger partial charge in [0.05, 0.1) is 0 Å². The molecule has 2 rings (SSSR count). The van der Waals surface area contributed by atoms with Gasteiger partial charge in [0.15, 0.2) is 0 Å². The summed E-state index contributed by atoms with van der Waals surface area (Å²) in [7, 11) is 0. The minimum Gasteiger partial charge on any atom is -0.0845 e. The van der Waals surface area contributed by atoms with Crippen LogP contribution in [-0.4, -0.2) is 0 Å². The monoisotopic (exact) mass is 218 g/mol. The second-order valence-electron chi connectivity index (χ2n) is 5.47. The lowest BCUT2D eigenvalue weighted by molar-refractivity contribution is 0.374. The lowest BCUT2D eigenvalue weighted by atomic mass is 9.86. The van der Waals surface area contributed by atoms with Crippen LogP contribution in [0.25, 0.3) is 0 Å². The van der Waals surface area contributed by atoms with Gasteiger partial charge in [0, 0.05) is 0 Å². The predicted molar refractivity (Wildman–Crippen MR) is 71.4 cm³/mol. The molecule has 0 aromatic rings. The molecule has 2 aliphatic carbocycles. The Labute approximate surface area is 101 Å². The third kappa shape index (κ3) is 2.99. The molecule has 0 saturated heterocycles. The van der Waals surface area contributed by atoms with Gasteiger partial charge in [0.2, 0.25) is 0 Å². The first kappa shape index (κ1) is 12.0. The van der Waals surface area contributed by atoms with Gasteiger partial charge in [-0.05, 0) is 43.9 Å². The molecular formula is C16H26. The van der Waals surface area contributed by atoms with Gasteiger partial charge in [-0.3, -0.25) is 0 Å². The lowest BCUT2D eigenvalue weighted by Gasteiger charge is -2.19. The molecule has 90 valence electrons. The van der Waals surface area contributed by atoms with Crippen molar-refractivity contribution >= 4 is 0 Å². The lowest BCUT2D eigenvalue weighted by Crippen LogP contribution is -2.08. The van der Waals surface area contributed by atoms with E-state index >= 15 is 0 Å². The Balaban J connectivity index is 2.05. The summed E-state index contributed by atoms with van der Waals surface area (Å²) in [5.74, 6) is 1.91. The van der Waals surface area contributed by atoms with Crippen molar-refractivity contribution in [3.8, 4) is 0 Å². The molecule has 1 saturated carbocycles. The number of allylic oxidation sites excluding steroid dienone is 4. The second kappa shape index (κ2) is 6.27. The van der Waals surface area contributed by atoms with Crippen LogP contribution in [-0.2, 0) is 0 Å². The van der Waals surface area contributed by atoms with Crippen LogP contribution in [0, 0.1) is 11.8 Å². The zero-order valence-electron chi connectivity index (χ0n) is 10.8. The van der Waals surface area contributed by atoms with Gasteiger partial charge < -0.3 is 0 Å². The van der Waals surface area contributed by atoms with E-state index < -0.39 is 0 Å². The van der Waals surface area contributed by atoms with Gasteiger partial charge in [-0.25, -0.2) is 0 Å². The van der Waals surface area contributed by atoms with Crippen LogP contribution < -0.4 is 0 Å². The van der Waals surface area contributed by atoms with Crippen molar-refractivity contribution in [2.24, 2.45) is 11.8 Å². The first-order valence-electron chi connectivity index (χ1n) is 7.27. The summed E-state index contributed by atoms with van der Waals surface area (Å²) in [4.78, 5) is 0. The topological polar surface area (TPSA) is 0 Å². The Bertz CT molecular complexity index is 259. The molecular weight excluding hydrogens is 192 g/mol. The zero-order chi connectivity index (χ0) is 11.2. The maximum Gasteiger partial charge on any atom is -0.0172 e. The first-order valence-corrected chi connectivity index (χ1v) is 7.27. The third-order valence-electron chi connectivity index (χ3n) is 4.46. The fraction of sp³-hybridized carbons (Fsp3) is 0.750. The van der Waals surface area contributed by atoms with E-state index in [0.717, 1.165) is 11.8 Å². The molecule has 1 fully saturated rings. The van der Waals surface area contributed by atoms with E-state index in [0.29, 0.717) is 0 Å². The van der Waals surface area contributed by atoms with Crippen molar-refractivity contribution in [1.29, 1.82) is 0 Å². The number of hydrogen-bond donors (Lipinski definition) is 0. The summed E-state index contributed by atoms with van der Waals surface area (Å²) in [6.45, 7) is 2.37. The molecule has 0 aromatic heterocycles. The van der Waals surface area contributed by atoms with E-state index in [2.05, 4.69) is 25.2 Å². The maximum atomic E-state index is 2.44. The number of rotatable bonds is 1. The molecule has 2 atom stereocenters. The zero-order valence-corrected chi connectivity index (χ0v) is 10.8. The molecule has 0 heteroatoms. The van der Waals surface area contributed by atoms with Gasteiger partial charge in [-0.2, -0.15) is 0 Å². The highest BCUT2D eigenvalue weighted by Gasteiger charge is 2.29. The Kier molecular flexibility index (Phi) is 4.69. The molecule has 2 aliphatic rings. The van der Waals surface area contributed by atoms with Crippen molar-refractivity contribution in [3.05, 3.63) is 23.8 Å². The largest absolute Gasteiger partial charge is 0.0845 e. The van der Waals surface area contributed by atoms with Gasteiger partial charge in [0.25, 0.3) is 0 Å². The standard InChI is InChI=1S/C16H26/c1-2-14-12-13-15-10-8-6-4-3-5-7-9-11-16(14)15/h6,8,10,14,16H,2-5,7,9,11-13H2,1H3/b8-6+,15-10-. The van der Waals surface area contributed by atoms with Crippen LogP contribution in [0.15, 0.2) is 23.8 Å². The third-order valence-corrected chi connectivity index (χ3v) is 4.46. The first-order chi connectivity index (χ1) is 7.92. The average molecular weight is 218 g/mol. The normalized spacial score (nSPS) is 36.9. The van der Waals surface area contributed by atoms with Crippen LogP contribution in [0.4, 0.5) is 0 Å². The predicted octanol–water partition coefficient (Wildman–Crippen LogP) is 5.26. The Morgan fingerprint density at radius 2 is 2.00 bits per heavy atom. The van der Waals surface area contributed by atoms with E-state index in [1.807, 2.05) is 0 Å². The fourth-order valence-electron chi connectivity index (χ4n) is 3.43. The van der Waals surface area contributed by atoms with E-state index in [4.69, 9.17) is 0 Å². The molecule has 0 radical (unpaired) electrons. The molecule has 16 heavy (non-hydrogen) atoms. The minimum atomic E-state index is 0.924. The SMILES string of the molecule is CCC1CC/C2=C/C=C/CCCCCCC21. The maximum absolute atomic E-state index is 2.44. The highest BCUT2D eigenvalue weighted by molar-refractivity contribution is 5.19. The quantitative estimate of drug-likeness (QED) is 0.563. The average Bonchev–Trinajstić information content (AvgIpc) is 2.66. The van der Waals surface area contributed by atoms with Crippen LogP contribution in [0.2, 0.25) is 0 Å². The van der Waals surface area contributed by atoms with Crippen LogP contribution in [0.1, 0.15) is 64.7 Å². The van der Waals surface area contributed by atoms with E-state index in [1.165, 1.54) is 57.8 Å². The summed E-state index contributed by atoms with van der Waals surface area (Å²) in [5, 5.41) is 0. The summed E-state index contributed by atoms with van der Waals surface area (Å²) in [6.07, 6.45) is 19.8. The van der Waals surface area contributed by atoms with Crippen molar-refractivity contribution in [2.75, 3.05) is 0 Å². The molecule has 0 spiro atoms. The van der Waals surface area contributed by atoms with Gasteiger partial charge in [-0.15, -0.1) is 0 Å². The van der Waals surface area contributed by atoms with Crippen LogP contribution >= 0.6 is 0 Å². The van der Waals surface area contributed by atoms with E-state index in [-0.39, 0.29) is 0 Å². The van der Waals surface area contributed by atoms with Gasteiger partial charge >= 0.3 is 0 Å². The summed E-state index contributed by atoms with van der Waals surface area (Å²) in [6, 6.07) is 0. The number of fused-ring (bicyclic) bond motifs is 1. The van der Waals surface area contributed by atoms with Gasteiger partial charge in [-0.1, -0.05) is 56.4 Å². The van der Waals surface area contributed by atoms with Crippen LogP contribution in [0.5, 0.6) is 0 Å². The van der Waals surface area contributed by atoms with E-state index in [1.54, 1.807) is 5.57 Å². The van der Waals surface area contributed by atoms with Crippen molar-refractivity contribution in [3.63, 3.8) is 0 Å². The molecule has 2 unspecified atom stereocenters. The molecule has 0 aromatic carbocycles. The van der Waals surface area contributed by atoms with E-state index in [9.17, 15) is 0 Å². The summed E-state index contributed by atoms with van der Waals surface area (Å²) < 4.78 is 0. The minimum absolute atomic E-state index is 0.924.